The van der Waals surface area contributed by atoms with Crippen LogP contribution >= 0.6 is 11.6 Å². The molecule has 0 aliphatic heterocycles. The topological polar surface area (TPSA) is 43.9 Å². The molecule has 0 saturated carbocycles. The lowest BCUT2D eigenvalue weighted by Gasteiger charge is -2.02. The van der Waals surface area contributed by atoms with Crippen molar-refractivity contribution < 1.29 is 4.42 Å². The van der Waals surface area contributed by atoms with Crippen molar-refractivity contribution in [2.75, 3.05) is 0 Å². The maximum Gasteiger partial charge on any atom is 0.153 e. The molecule has 0 radical (unpaired) electrons. The van der Waals surface area contributed by atoms with Crippen molar-refractivity contribution in [2.45, 2.75) is 20.3 Å². The SMILES string of the molecule is CCc1oc2c(Cl)cc(-n3cnnc3)cc2c1C. The van der Waals surface area contributed by atoms with Crippen molar-refractivity contribution in [3.05, 3.63) is 41.1 Å². The Hall–Kier alpha value is -1.81. The lowest BCUT2D eigenvalue weighted by atomic mass is 10.1. The highest BCUT2D eigenvalue weighted by Crippen LogP contribution is 2.33. The Morgan fingerprint density at radius 1 is 1.28 bits per heavy atom. The lowest BCUT2D eigenvalue weighted by molar-refractivity contribution is 0.553. The third-order valence-corrected chi connectivity index (χ3v) is 3.39. The minimum absolute atomic E-state index is 0.610. The Balaban J connectivity index is 2.29. The van der Waals surface area contributed by atoms with Crippen molar-refractivity contribution in [1.82, 2.24) is 14.8 Å². The van der Waals surface area contributed by atoms with E-state index < -0.39 is 0 Å². The van der Waals surface area contributed by atoms with Gasteiger partial charge in [-0.05, 0) is 24.6 Å². The Bertz CT molecular complexity index is 701. The number of fused-ring (bicyclic) bond motifs is 1. The molecule has 18 heavy (non-hydrogen) atoms. The fourth-order valence-electron chi connectivity index (χ4n) is 2.13. The summed E-state index contributed by atoms with van der Waals surface area (Å²) in [5, 5.41) is 9.25. The van der Waals surface area contributed by atoms with Crippen LogP contribution in [0, 0.1) is 6.92 Å². The van der Waals surface area contributed by atoms with Gasteiger partial charge in [-0.25, -0.2) is 0 Å². The highest BCUT2D eigenvalue weighted by atomic mass is 35.5. The Morgan fingerprint density at radius 2 is 2.00 bits per heavy atom. The van der Waals surface area contributed by atoms with Crippen LogP contribution in [0.4, 0.5) is 0 Å². The fraction of sp³-hybridized carbons (Fsp3) is 0.231. The Morgan fingerprint density at radius 3 is 2.67 bits per heavy atom. The van der Waals surface area contributed by atoms with Gasteiger partial charge in [-0.1, -0.05) is 18.5 Å². The van der Waals surface area contributed by atoms with Gasteiger partial charge in [0.15, 0.2) is 5.58 Å². The highest BCUT2D eigenvalue weighted by molar-refractivity contribution is 6.35. The molecule has 0 amide bonds. The standard InChI is InChI=1S/C13H12ClN3O/c1-3-12-8(2)10-4-9(17-6-15-16-7-17)5-11(14)13(10)18-12/h4-7H,3H2,1-2H3. The molecule has 0 aliphatic rings. The molecule has 1 aromatic carbocycles. The summed E-state index contributed by atoms with van der Waals surface area (Å²) in [6, 6.07) is 3.90. The molecular formula is C13H12ClN3O. The number of hydrogen-bond acceptors (Lipinski definition) is 3. The van der Waals surface area contributed by atoms with Crippen LogP contribution in [0.15, 0.2) is 29.2 Å². The summed E-state index contributed by atoms with van der Waals surface area (Å²) in [6.07, 6.45) is 4.15. The summed E-state index contributed by atoms with van der Waals surface area (Å²) in [5.41, 5.74) is 2.83. The monoisotopic (exact) mass is 261 g/mol. The molecule has 0 atom stereocenters. The molecule has 92 valence electrons. The number of hydrogen-bond donors (Lipinski definition) is 0. The van der Waals surface area contributed by atoms with Crippen LogP contribution in [-0.4, -0.2) is 14.8 Å². The molecule has 3 rings (SSSR count). The summed E-state index contributed by atoms with van der Waals surface area (Å²) >= 11 is 6.27. The zero-order valence-corrected chi connectivity index (χ0v) is 10.9. The van der Waals surface area contributed by atoms with E-state index in [-0.39, 0.29) is 0 Å². The zero-order valence-electron chi connectivity index (χ0n) is 10.1. The van der Waals surface area contributed by atoms with Crippen molar-refractivity contribution >= 4 is 22.6 Å². The summed E-state index contributed by atoms with van der Waals surface area (Å²) in [4.78, 5) is 0. The molecule has 2 aromatic heterocycles. The van der Waals surface area contributed by atoms with E-state index in [9.17, 15) is 0 Å². The fourth-order valence-corrected chi connectivity index (χ4v) is 2.38. The van der Waals surface area contributed by atoms with E-state index in [1.807, 2.05) is 16.7 Å². The molecule has 3 aromatic rings. The summed E-state index contributed by atoms with van der Waals surface area (Å²) < 4.78 is 7.60. The maximum absolute atomic E-state index is 6.27. The van der Waals surface area contributed by atoms with Crippen LogP contribution in [0.2, 0.25) is 5.02 Å². The molecule has 0 aliphatic carbocycles. The van der Waals surface area contributed by atoms with Gasteiger partial charge in [-0.15, -0.1) is 10.2 Å². The van der Waals surface area contributed by atoms with Gasteiger partial charge in [0.1, 0.15) is 18.4 Å². The van der Waals surface area contributed by atoms with Crippen LogP contribution in [0.3, 0.4) is 0 Å². The highest BCUT2D eigenvalue weighted by Gasteiger charge is 2.13. The van der Waals surface area contributed by atoms with Crippen molar-refractivity contribution in [3.8, 4) is 5.69 Å². The van der Waals surface area contributed by atoms with Crippen LogP contribution in [0.1, 0.15) is 18.2 Å². The molecule has 4 nitrogen and oxygen atoms in total. The number of nitrogens with zero attached hydrogens (tertiary/aromatic N) is 3. The Kier molecular flexibility index (Phi) is 2.59. The van der Waals surface area contributed by atoms with E-state index in [1.54, 1.807) is 12.7 Å². The van der Waals surface area contributed by atoms with Crippen LogP contribution in [-0.2, 0) is 6.42 Å². The lowest BCUT2D eigenvalue weighted by Crippen LogP contribution is -1.90. The second-order valence-corrected chi connectivity index (χ2v) is 4.58. The van der Waals surface area contributed by atoms with E-state index in [2.05, 4.69) is 24.0 Å². The van der Waals surface area contributed by atoms with Crippen molar-refractivity contribution in [2.24, 2.45) is 0 Å². The van der Waals surface area contributed by atoms with Gasteiger partial charge in [0, 0.05) is 11.8 Å². The number of halogens is 1. The largest absolute Gasteiger partial charge is 0.459 e. The number of furan rings is 1. The average Bonchev–Trinajstić information content (AvgIpc) is 2.98. The van der Waals surface area contributed by atoms with Gasteiger partial charge < -0.3 is 4.42 Å². The molecule has 0 bridgehead atoms. The molecular weight excluding hydrogens is 250 g/mol. The van der Waals surface area contributed by atoms with Gasteiger partial charge >= 0.3 is 0 Å². The van der Waals surface area contributed by atoms with Crippen molar-refractivity contribution in [1.29, 1.82) is 0 Å². The number of rotatable bonds is 2. The van der Waals surface area contributed by atoms with Gasteiger partial charge in [0.25, 0.3) is 0 Å². The first-order valence-electron chi connectivity index (χ1n) is 5.77. The molecule has 0 spiro atoms. The smallest absolute Gasteiger partial charge is 0.153 e. The quantitative estimate of drug-likeness (QED) is 0.709. The average molecular weight is 262 g/mol. The third kappa shape index (κ3) is 1.61. The molecule has 0 unspecified atom stereocenters. The van der Waals surface area contributed by atoms with Crippen LogP contribution < -0.4 is 0 Å². The first-order chi connectivity index (χ1) is 8.70. The van der Waals surface area contributed by atoms with Gasteiger partial charge in [0.05, 0.1) is 10.7 Å². The Labute approximate surface area is 109 Å². The second-order valence-electron chi connectivity index (χ2n) is 4.18. The molecule has 0 N–H and O–H groups in total. The number of aromatic nitrogens is 3. The van der Waals surface area contributed by atoms with Gasteiger partial charge in [-0.2, -0.15) is 0 Å². The first kappa shape index (κ1) is 11.3. The summed E-state index contributed by atoms with van der Waals surface area (Å²) in [6.45, 7) is 4.12. The molecule has 0 fully saturated rings. The van der Waals surface area contributed by atoms with Crippen molar-refractivity contribution in [3.63, 3.8) is 0 Å². The molecule has 2 heterocycles. The van der Waals surface area contributed by atoms with Gasteiger partial charge in [-0.3, -0.25) is 4.57 Å². The molecule has 5 heteroatoms. The van der Waals surface area contributed by atoms with E-state index in [4.69, 9.17) is 16.0 Å². The predicted octanol–water partition coefficient (Wildman–Crippen LogP) is 3.54. The predicted molar refractivity (Wildman–Crippen MR) is 70.3 cm³/mol. The van der Waals surface area contributed by atoms with Gasteiger partial charge in [0.2, 0.25) is 0 Å². The zero-order chi connectivity index (χ0) is 12.7. The van der Waals surface area contributed by atoms with E-state index >= 15 is 0 Å². The third-order valence-electron chi connectivity index (χ3n) is 3.11. The normalized spacial score (nSPS) is 11.3. The first-order valence-corrected chi connectivity index (χ1v) is 6.15. The maximum atomic E-state index is 6.27. The van der Waals surface area contributed by atoms with E-state index in [1.165, 1.54) is 0 Å². The summed E-state index contributed by atoms with van der Waals surface area (Å²) in [5.74, 6) is 0.979. The summed E-state index contributed by atoms with van der Waals surface area (Å²) in [7, 11) is 0. The van der Waals surface area contributed by atoms with Crippen LogP contribution in [0.25, 0.3) is 16.7 Å². The van der Waals surface area contributed by atoms with Crippen LogP contribution in [0.5, 0.6) is 0 Å². The minimum Gasteiger partial charge on any atom is -0.459 e. The number of aryl methyl sites for hydroxylation is 2. The van der Waals surface area contributed by atoms with E-state index in [0.717, 1.165) is 34.4 Å². The minimum atomic E-state index is 0.610. The van der Waals surface area contributed by atoms with E-state index in [0.29, 0.717) is 5.02 Å². The second kappa shape index (κ2) is 4.14. The molecule has 0 saturated heterocycles. The number of benzene rings is 1.